The van der Waals surface area contributed by atoms with Gasteiger partial charge in [0.1, 0.15) is 0 Å². The smallest absolute Gasteiger partial charge is 0.305 e. The number of carboxylic acid groups (broad SMARTS) is 1. The van der Waals surface area contributed by atoms with Crippen molar-refractivity contribution in [3.05, 3.63) is 86.4 Å². The van der Waals surface area contributed by atoms with E-state index in [0.717, 1.165) is 0 Å². The Kier molecular flexibility index (Phi) is 5.59. The fourth-order valence-electron chi connectivity index (χ4n) is 3.29. The number of amides is 1. The number of benzene rings is 2. The molecule has 0 saturated carbocycles. The number of nitrogens with one attached hydrogen (secondary N) is 1. The van der Waals surface area contributed by atoms with Gasteiger partial charge in [0.05, 0.1) is 35.6 Å². The summed E-state index contributed by atoms with van der Waals surface area (Å²) in [7, 11) is 0. The van der Waals surface area contributed by atoms with Crippen LogP contribution >= 0.6 is 34.5 Å². The molecular formula is C25H21Cl2N3O3S. The van der Waals surface area contributed by atoms with E-state index in [1.54, 1.807) is 43.3 Å². The van der Waals surface area contributed by atoms with Crippen molar-refractivity contribution in [2.24, 2.45) is 0 Å². The van der Waals surface area contributed by atoms with Gasteiger partial charge < -0.3 is 10.4 Å². The van der Waals surface area contributed by atoms with E-state index in [0.29, 0.717) is 31.1 Å². The zero-order valence-electron chi connectivity index (χ0n) is 22.8. The average molecular weight is 519 g/mol. The van der Waals surface area contributed by atoms with Crippen LogP contribution in [0, 0.1) is 0 Å². The average Bonchev–Trinajstić information content (AvgIpc) is 3.54. The van der Waals surface area contributed by atoms with Crippen LogP contribution in [0.5, 0.6) is 0 Å². The molecule has 0 aliphatic carbocycles. The maximum absolute atomic E-state index is 12.5. The maximum Gasteiger partial charge on any atom is 0.305 e. The number of thiophene rings is 1. The lowest BCUT2D eigenvalue weighted by Crippen LogP contribution is -2.25. The molecule has 2 aromatic heterocycles. The summed E-state index contributed by atoms with van der Waals surface area (Å²) >= 11 is 13.6. The lowest BCUT2D eigenvalue weighted by Gasteiger charge is -2.14. The van der Waals surface area contributed by atoms with E-state index in [1.807, 2.05) is 0 Å². The molecule has 6 nitrogen and oxygen atoms in total. The minimum absolute atomic E-state index is 0.0126. The van der Waals surface area contributed by atoms with Crippen LogP contribution in [-0.2, 0) is 4.79 Å². The van der Waals surface area contributed by atoms with Gasteiger partial charge in [0.2, 0.25) is 0 Å². The molecule has 0 spiro atoms. The molecule has 2 aromatic carbocycles. The largest absolute Gasteiger partial charge is 0.481 e. The Hall–Kier alpha value is -3.13. The summed E-state index contributed by atoms with van der Waals surface area (Å²) < 4.78 is 42.8. The first-order chi connectivity index (χ1) is 18.4. The van der Waals surface area contributed by atoms with Crippen LogP contribution in [0.2, 0.25) is 10.0 Å². The van der Waals surface area contributed by atoms with Crippen molar-refractivity contribution in [2.75, 3.05) is 6.54 Å². The van der Waals surface area contributed by atoms with Crippen LogP contribution in [0.3, 0.4) is 0 Å². The van der Waals surface area contributed by atoms with Crippen molar-refractivity contribution in [3.8, 4) is 22.5 Å². The highest BCUT2D eigenvalue weighted by atomic mass is 35.5. The van der Waals surface area contributed by atoms with E-state index >= 15 is 0 Å². The monoisotopic (exact) mass is 518 g/mol. The SMILES string of the molecule is [2H]c1c([2H])c([2H])c(-c2cc(-c3cc(Cl)cc(Cl)c3)nn2C(C)c2ccc(C(=O)NCCC(=O)O)s2)c([2H])c1[2H]. The second kappa shape index (κ2) is 10.4. The van der Waals surface area contributed by atoms with Gasteiger partial charge in [-0.3, -0.25) is 14.3 Å². The summed E-state index contributed by atoms with van der Waals surface area (Å²) in [5.41, 5.74) is 1.22. The van der Waals surface area contributed by atoms with Gasteiger partial charge in [0.25, 0.3) is 5.91 Å². The first-order valence-corrected chi connectivity index (χ1v) is 11.7. The number of carbonyl (C=O) groups excluding carboxylic acids is 1. The first-order valence-electron chi connectivity index (χ1n) is 12.6. The van der Waals surface area contributed by atoms with Crippen LogP contribution in [-0.4, -0.2) is 33.3 Å². The summed E-state index contributed by atoms with van der Waals surface area (Å²) in [5, 5.41) is 16.8. The van der Waals surface area contributed by atoms with Crippen LogP contribution in [0.4, 0.5) is 0 Å². The van der Waals surface area contributed by atoms with E-state index in [4.69, 9.17) is 40.3 Å². The minimum atomic E-state index is -1.02. The summed E-state index contributed by atoms with van der Waals surface area (Å²) in [6.07, 6.45) is -0.203. The molecule has 1 atom stereocenters. The molecule has 1 amide bonds. The number of hydrogen-bond acceptors (Lipinski definition) is 4. The Morgan fingerprint density at radius 3 is 2.50 bits per heavy atom. The third kappa shape index (κ3) is 5.50. The Labute approximate surface area is 217 Å². The molecule has 0 saturated heterocycles. The fraction of sp³-hybridized carbons (Fsp3) is 0.160. The molecular weight excluding hydrogens is 493 g/mol. The molecule has 34 heavy (non-hydrogen) atoms. The molecule has 174 valence electrons. The van der Waals surface area contributed by atoms with Crippen LogP contribution in [0.15, 0.2) is 66.6 Å². The number of nitrogens with zero attached hydrogens (tertiary/aromatic N) is 2. The second-order valence-electron chi connectivity index (χ2n) is 7.30. The highest BCUT2D eigenvalue weighted by Gasteiger charge is 2.20. The molecule has 0 bridgehead atoms. The number of aromatic nitrogens is 2. The molecule has 9 heteroatoms. The third-order valence-electron chi connectivity index (χ3n) is 4.90. The molecule has 4 rings (SSSR count). The van der Waals surface area contributed by atoms with Gasteiger partial charge in [0, 0.05) is 27.0 Å². The van der Waals surface area contributed by atoms with Crippen LogP contribution < -0.4 is 5.32 Å². The topological polar surface area (TPSA) is 84.2 Å². The van der Waals surface area contributed by atoms with E-state index in [9.17, 15) is 9.59 Å². The van der Waals surface area contributed by atoms with E-state index < -0.39 is 36.0 Å². The Morgan fingerprint density at radius 1 is 1.12 bits per heavy atom. The van der Waals surface area contributed by atoms with Gasteiger partial charge in [-0.15, -0.1) is 11.3 Å². The number of rotatable bonds is 8. The van der Waals surface area contributed by atoms with Crippen molar-refractivity contribution in [2.45, 2.75) is 19.4 Å². The molecule has 1 unspecified atom stereocenters. The van der Waals surface area contributed by atoms with Crippen molar-refractivity contribution in [3.63, 3.8) is 0 Å². The maximum atomic E-state index is 12.5. The van der Waals surface area contributed by atoms with Crippen LogP contribution in [0.1, 0.15) is 40.8 Å². The summed E-state index contributed by atoms with van der Waals surface area (Å²) in [4.78, 5) is 24.3. The first kappa shape index (κ1) is 18.2. The van der Waals surface area contributed by atoms with Gasteiger partial charge in [-0.1, -0.05) is 53.4 Å². The fourth-order valence-corrected chi connectivity index (χ4v) is 4.77. The normalized spacial score (nSPS) is 13.9. The van der Waals surface area contributed by atoms with Gasteiger partial charge in [-0.25, -0.2) is 0 Å². The van der Waals surface area contributed by atoms with Gasteiger partial charge in [0.15, 0.2) is 0 Å². The summed E-state index contributed by atoms with van der Waals surface area (Å²) in [6, 6.07) is 7.08. The van der Waals surface area contributed by atoms with Crippen molar-refractivity contribution < 1.29 is 21.5 Å². The van der Waals surface area contributed by atoms with Crippen LogP contribution in [0.25, 0.3) is 22.5 Å². The Bertz CT molecular complexity index is 1560. The minimum Gasteiger partial charge on any atom is -0.481 e. The Morgan fingerprint density at radius 2 is 1.82 bits per heavy atom. The number of hydrogen-bond donors (Lipinski definition) is 2. The molecule has 2 heterocycles. The molecule has 0 fully saturated rings. The molecule has 0 aliphatic rings. The molecule has 2 N–H and O–H groups in total. The van der Waals surface area contributed by atoms with Gasteiger partial charge >= 0.3 is 5.97 Å². The number of aliphatic carboxylic acids is 1. The van der Waals surface area contributed by atoms with Crippen molar-refractivity contribution >= 4 is 46.4 Å². The van der Waals surface area contributed by atoms with E-state index in [2.05, 4.69) is 5.32 Å². The molecule has 0 aliphatic heterocycles. The van der Waals surface area contributed by atoms with Crippen molar-refractivity contribution in [1.29, 1.82) is 0 Å². The van der Waals surface area contributed by atoms with Crippen molar-refractivity contribution in [1.82, 2.24) is 15.1 Å². The van der Waals surface area contributed by atoms with E-state index in [-0.39, 0.29) is 36.3 Å². The molecule has 4 aromatic rings. The van der Waals surface area contributed by atoms with Gasteiger partial charge in [-0.05, 0) is 48.9 Å². The highest BCUT2D eigenvalue weighted by Crippen LogP contribution is 2.34. The summed E-state index contributed by atoms with van der Waals surface area (Å²) in [6.45, 7) is 1.79. The highest BCUT2D eigenvalue weighted by molar-refractivity contribution is 7.14. The quantitative estimate of drug-likeness (QED) is 0.282. The molecule has 0 radical (unpaired) electrons. The lowest BCUT2D eigenvalue weighted by molar-refractivity contribution is -0.136. The number of carbonyl (C=O) groups is 2. The number of halogens is 2. The second-order valence-corrected chi connectivity index (χ2v) is 9.28. The van der Waals surface area contributed by atoms with Gasteiger partial charge in [-0.2, -0.15) is 5.10 Å². The summed E-state index contributed by atoms with van der Waals surface area (Å²) in [5.74, 6) is -1.44. The van der Waals surface area contributed by atoms with E-state index in [1.165, 1.54) is 16.0 Å². The Balaban J connectivity index is 1.83. The third-order valence-corrected chi connectivity index (χ3v) is 6.59. The lowest BCUT2D eigenvalue weighted by atomic mass is 10.1. The zero-order chi connectivity index (χ0) is 28.6. The number of carboxylic acids is 1. The zero-order valence-corrected chi connectivity index (χ0v) is 20.1. The standard InChI is InChI=1S/C25H21Cl2N3O3S/c1-15(22-7-8-23(34-22)25(33)28-10-9-24(31)32)30-21(16-5-3-2-4-6-16)14-20(29-30)17-11-18(26)13-19(27)12-17/h2-8,11-15H,9-10H2,1H3,(H,28,33)(H,31,32)/i2D,3D,4D,5D,6D. The predicted octanol–water partition coefficient (Wildman–Crippen LogP) is 6.40. The predicted molar refractivity (Wildman–Crippen MR) is 136 cm³/mol.